The molecule has 1 fully saturated rings. The number of likely N-dealkylation sites (N-methyl/N-ethyl adjacent to an activating group) is 1. The Bertz CT molecular complexity index is 2320. The van der Waals surface area contributed by atoms with Crippen LogP contribution in [0.5, 0.6) is 0 Å². The van der Waals surface area contributed by atoms with Crippen molar-refractivity contribution in [2.24, 2.45) is 5.41 Å². The summed E-state index contributed by atoms with van der Waals surface area (Å²) in [7, 11) is 3.53. The van der Waals surface area contributed by atoms with E-state index in [2.05, 4.69) is 21.3 Å². The van der Waals surface area contributed by atoms with Crippen LogP contribution in [0.4, 0.5) is 0 Å². The molecule has 4 aromatic carbocycles. The van der Waals surface area contributed by atoms with Gasteiger partial charge in [0.15, 0.2) is 5.78 Å². The normalized spacial score (nSPS) is 20.7. The van der Waals surface area contributed by atoms with Crippen molar-refractivity contribution in [3.05, 3.63) is 143 Å². The zero-order valence-electron chi connectivity index (χ0n) is 38.2. The third-order valence-corrected chi connectivity index (χ3v) is 12.2. The van der Waals surface area contributed by atoms with Crippen LogP contribution in [0.25, 0.3) is 11.1 Å². The number of Topliss-reactive ketones (excluding diaryl/α,β-unsaturated/α-hetero) is 1. The molecular weight excluding hydrogens is 837 g/mol. The number of hydrogen-bond acceptors (Lipinski definition) is 9. The van der Waals surface area contributed by atoms with E-state index < -0.39 is 35.2 Å². The van der Waals surface area contributed by atoms with Gasteiger partial charge in [-0.1, -0.05) is 103 Å². The Kier molecular flexibility index (Phi) is 17.9. The van der Waals surface area contributed by atoms with Crippen molar-refractivity contribution in [2.75, 3.05) is 60.3 Å². The van der Waals surface area contributed by atoms with Crippen LogP contribution in [-0.4, -0.2) is 117 Å². The van der Waals surface area contributed by atoms with E-state index in [0.717, 1.165) is 33.4 Å². The molecule has 2 aliphatic rings. The maximum absolute atomic E-state index is 14.9. The fourth-order valence-electron chi connectivity index (χ4n) is 8.40. The predicted octanol–water partition coefficient (Wildman–Crippen LogP) is 4.41. The summed E-state index contributed by atoms with van der Waals surface area (Å²) in [5, 5.41) is 12.1. The number of nitrogens with one attached hydrogen (secondary N) is 4. The molecule has 2 bridgehead atoms. The summed E-state index contributed by atoms with van der Waals surface area (Å²) in [6.45, 7) is 4.01. The Morgan fingerprint density at radius 3 is 2.23 bits per heavy atom. The zero-order valence-corrected chi connectivity index (χ0v) is 38.2. The lowest BCUT2D eigenvalue weighted by Gasteiger charge is -2.42. The van der Waals surface area contributed by atoms with E-state index in [1.165, 1.54) is 19.1 Å². The van der Waals surface area contributed by atoms with Crippen LogP contribution in [-0.2, 0) is 59.3 Å². The molecule has 4 aromatic rings. The van der Waals surface area contributed by atoms with Gasteiger partial charge < -0.3 is 35.6 Å². The molecule has 0 saturated carbocycles. The van der Waals surface area contributed by atoms with Gasteiger partial charge in [0, 0.05) is 64.0 Å². The van der Waals surface area contributed by atoms with Crippen molar-refractivity contribution in [3.8, 4) is 11.1 Å². The number of fused-ring (bicyclic) bond motifs is 3. The highest BCUT2D eigenvalue weighted by Crippen LogP contribution is 2.35. The van der Waals surface area contributed by atoms with Crippen LogP contribution >= 0.6 is 0 Å². The first-order chi connectivity index (χ1) is 31.9. The molecule has 0 aromatic heterocycles. The van der Waals surface area contributed by atoms with Crippen molar-refractivity contribution in [1.82, 2.24) is 31.1 Å². The number of carbonyl (C=O) groups is 6. The van der Waals surface area contributed by atoms with Gasteiger partial charge in [-0.15, -0.1) is 0 Å². The molecule has 2 heterocycles. The molecule has 5 amide bonds. The van der Waals surface area contributed by atoms with Gasteiger partial charge in [-0.2, -0.15) is 0 Å². The van der Waals surface area contributed by atoms with E-state index in [-0.39, 0.29) is 56.7 Å². The molecule has 0 spiro atoms. The van der Waals surface area contributed by atoms with Gasteiger partial charge in [0.2, 0.25) is 29.5 Å². The molecule has 1 saturated heterocycles. The van der Waals surface area contributed by atoms with Gasteiger partial charge in [-0.3, -0.25) is 33.7 Å². The zero-order chi connectivity index (χ0) is 46.9. The summed E-state index contributed by atoms with van der Waals surface area (Å²) in [4.78, 5) is 85.2. The topological polar surface area (TPSA) is 175 Å². The van der Waals surface area contributed by atoms with Crippen LogP contribution in [0.15, 0.2) is 115 Å². The quantitative estimate of drug-likeness (QED) is 0.112. The molecule has 0 radical (unpaired) electrons. The molecule has 348 valence electrons. The molecule has 14 heteroatoms. The summed E-state index contributed by atoms with van der Waals surface area (Å²) in [6.07, 6.45) is 4.30. The predicted molar refractivity (Wildman–Crippen MR) is 252 cm³/mol. The number of benzene rings is 4. The van der Waals surface area contributed by atoms with Crippen LogP contribution in [0, 0.1) is 5.41 Å². The molecule has 4 N–H and O–H groups in total. The number of nitrogens with zero attached hydrogens (tertiary/aromatic N) is 2. The monoisotopic (exact) mass is 898 g/mol. The molecule has 14 nitrogen and oxygen atoms in total. The third kappa shape index (κ3) is 14.3. The first-order valence-electron chi connectivity index (χ1n) is 22.6. The first kappa shape index (κ1) is 49.0. The second-order valence-electron chi connectivity index (χ2n) is 17.3. The summed E-state index contributed by atoms with van der Waals surface area (Å²) in [6, 6.07) is 30.7. The average Bonchev–Trinajstić information content (AvgIpc) is 3.32. The largest absolute Gasteiger partial charge is 0.383 e. The number of rotatable bonds is 13. The Balaban J connectivity index is 1.29. The van der Waals surface area contributed by atoms with Crippen LogP contribution in [0.2, 0.25) is 0 Å². The minimum absolute atomic E-state index is 0.0136. The maximum Gasteiger partial charge on any atom is 0.246 e. The van der Waals surface area contributed by atoms with E-state index >= 15 is 0 Å². The van der Waals surface area contributed by atoms with Gasteiger partial charge >= 0.3 is 0 Å². The van der Waals surface area contributed by atoms with Gasteiger partial charge in [0.1, 0.15) is 6.04 Å². The van der Waals surface area contributed by atoms with E-state index in [9.17, 15) is 28.8 Å². The summed E-state index contributed by atoms with van der Waals surface area (Å²) < 4.78 is 11.1. The number of ether oxygens (including phenoxy) is 2. The number of ketones is 1. The van der Waals surface area contributed by atoms with Crippen molar-refractivity contribution >= 4 is 35.3 Å². The van der Waals surface area contributed by atoms with Crippen molar-refractivity contribution in [3.63, 3.8) is 0 Å². The number of methoxy groups -OCH3 is 1. The highest BCUT2D eigenvalue weighted by atomic mass is 16.5. The van der Waals surface area contributed by atoms with E-state index in [0.29, 0.717) is 57.7 Å². The SMILES string of the molecule is COCCN(C)COC[C@H]1CCNC(=O)/C=C/C(=O)N2CCC[C@@](Cc3ccccc3)(C2)C(=O)N[C@H](Cc2ccc(-c3ccc(C(C)=O)cc3)cc2)C(=O)NCc2ccccc2CC(=O)N1. The van der Waals surface area contributed by atoms with Gasteiger partial charge in [-0.05, 0) is 73.0 Å². The summed E-state index contributed by atoms with van der Waals surface area (Å²) in [5.74, 6) is -1.91. The van der Waals surface area contributed by atoms with Gasteiger partial charge in [-0.25, -0.2) is 0 Å². The lowest BCUT2D eigenvalue weighted by atomic mass is 9.74. The molecule has 2 aliphatic heterocycles. The van der Waals surface area contributed by atoms with Crippen molar-refractivity contribution in [2.45, 2.75) is 64.1 Å². The Morgan fingerprint density at radius 1 is 0.818 bits per heavy atom. The van der Waals surface area contributed by atoms with Crippen molar-refractivity contribution in [1.29, 1.82) is 0 Å². The van der Waals surface area contributed by atoms with E-state index in [1.807, 2.05) is 103 Å². The maximum atomic E-state index is 14.9. The lowest BCUT2D eigenvalue weighted by Crippen LogP contribution is -2.58. The smallest absolute Gasteiger partial charge is 0.246 e. The Hall–Kier alpha value is -6.48. The number of amides is 5. The van der Waals surface area contributed by atoms with Crippen LogP contribution in [0.3, 0.4) is 0 Å². The van der Waals surface area contributed by atoms with E-state index in [1.54, 1.807) is 24.1 Å². The average molecular weight is 899 g/mol. The molecular formula is C52H62N6O8. The molecule has 0 aliphatic carbocycles. The first-order valence-corrected chi connectivity index (χ1v) is 22.6. The fraction of sp³-hybridized carbons (Fsp3) is 0.385. The van der Waals surface area contributed by atoms with Gasteiger partial charge in [0.05, 0.1) is 37.8 Å². The molecule has 3 atom stereocenters. The lowest BCUT2D eigenvalue weighted by molar-refractivity contribution is -0.141. The van der Waals surface area contributed by atoms with Crippen LogP contribution < -0.4 is 21.3 Å². The van der Waals surface area contributed by atoms with Gasteiger partial charge in [0.25, 0.3) is 0 Å². The fourth-order valence-corrected chi connectivity index (χ4v) is 8.40. The number of carbonyl (C=O) groups excluding carboxylic acids is 6. The van der Waals surface area contributed by atoms with Crippen LogP contribution in [0.1, 0.15) is 58.8 Å². The highest BCUT2D eigenvalue weighted by molar-refractivity contribution is 5.97. The molecule has 0 unspecified atom stereocenters. The molecule has 6 rings (SSSR count). The minimum Gasteiger partial charge on any atom is -0.383 e. The third-order valence-electron chi connectivity index (χ3n) is 12.2. The minimum atomic E-state index is -1.09. The number of piperidine rings is 1. The standard InChI is InChI=1S/C52H62N6O8/c1-37(59)40-18-20-42(21-19-40)41-16-14-38(15-17-41)30-46-50(63)54-33-44-13-8-7-12-43(44)31-48(61)55-45(34-66-36-57(2)28-29-65-3)24-26-53-47(60)22-23-49(62)58-27-9-25-52(35-58,51(64)56-46)32-39-10-5-4-6-11-39/h4-8,10-23,45-46H,9,24-36H2,1-3H3,(H,53,60)(H,54,63)(H,55,61)(H,56,64)/b23-22+/t45-,46-,52-/m1/s1. The Morgan fingerprint density at radius 2 is 1.52 bits per heavy atom. The molecule has 66 heavy (non-hydrogen) atoms. The Labute approximate surface area is 387 Å². The number of hydrogen-bond donors (Lipinski definition) is 4. The second kappa shape index (κ2) is 24.2. The highest BCUT2D eigenvalue weighted by Gasteiger charge is 2.44. The summed E-state index contributed by atoms with van der Waals surface area (Å²) in [5.41, 5.74) is 4.56. The van der Waals surface area contributed by atoms with Crippen molar-refractivity contribution < 1.29 is 38.2 Å². The van der Waals surface area contributed by atoms with E-state index in [4.69, 9.17) is 9.47 Å². The summed E-state index contributed by atoms with van der Waals surface area (Å²) >= 11 is 0. The second-order valence-corrected chi connectivity index (χ2v) is 17.3.